The van der Waals surface area contributed by atoms with Crippen molar-refractivity contribution in [3.63, 3.8) is 0 Å². The molecule has 0 aliphatic heterocycles. The number of carbonyl (C=O) groups is 2. The van der Waals surface area contributed by atoms with Crippen molar-refractivity contribution in [2.24, 2.45) is 5.92 Å². The Hall–Kier alpha value is -2.47. The molecule has 0 aromatic heterocycles. The van der Waals surface area contributed by atoms with Crippen molar-refractivity contribution in [2.45, 2.75) is 25.3 Å². The van der Waals surface area contributed by atoms with Crippen LogP contribution < -0.4 is 0 Å². The van der Waals surface area contributed by atoms with E-state index in [1.165, 1.54) is 18.1 Å². The number of esters is 1. The van der Waals surface area contributed by atoms with Crippen LogP contribution in [0.1, 0.15) is 29.9 Å². The summed E-state index contributed by atoms with van der Waals surface area (Å²) in [5.74, 6) is -2.58. The number of amides is 1. The van der Waals surface area contributed by atoms with Gasteiger partial charge in [0.1, 0.15) is 0 Å². The molecule has 7 heteroatoms. The zero-order chi connectivity index (χ0) is 20.3. The molecule has 1 saturated carbocycles. The molecule has 0 spiro atoms. The number of carbonyl (C=O) groups excluding carboxylic acids is 2. The molecule has 0 heterocycles. The Morgan fingerprint density at radius 2 is 1.86 bits per heavy atom. The van der Waals surface area contributed by atoms with E-state index in [0.29, 0.717) is 17.0 Å². The fourth-order valence-electron chi connectivity index (χ4n) is 3.23. The minimum Gasteiger partial charge on any atom is -0.469 e. The van der Waals surface area contributed by atoms with Crippen molar-refractivity contribution >= 4 is 23.5 Å². The summed E-state index contributed by atoms with van der Waals surface area (Å²) in [5.41, 5.74) is 1.49. The molecule has 1 fully saturated rings. The summed E-state index contributed by atoms with van der Waals surface area (Å²) in [5, 5.41) is 0.630. The fourth-order valence-corrected chi connectivity index (χ4v) is 3.36. The van der Waals surface area contributed by atoms with Gasteiger partial charge in [0.05, 0.1) is 13.5 Å². The highest BCUT2D eigenvalue weighted by atomic mass is 35.5. The third-order valence-electron chi connectivity index (χ3n) is 4.89. The SMILES string of the molecule is COC(=O)CCN(Cc1ccc(F)c(F)c1)C(=O)C1CC1c1ccc(Cl)cc1. The van der Waals surface area contributed by atoms with Crippen molar-refractivity contribution in [1.82, 2.24) is 4.90 Å². The molecule has 2 aromatic carbocycles. The maximum absolute atomic E-state index is 13.5. The van der Waals surface area contributed by atoms with Crippen LogP contribution in [0.3, 0.4) is 0 Å². The number of methoxy groups -OCH3 is 1. The van der Waals surface area contributed by atoms with Gasteiger partial charge in [-0.1, -0.05) is 29.8 Å². The molecule has 0 radical (unpaired) electrons. The van der Waals surface area contributed by atoms with E-state index in [1.54, 1.807) is 12.1 Å². The summed E-state index contributed by atoms with van der Waals surface area (Å²) in [7, 11) is 1.28. The number of benzene rings is 2. The molecule has 148 valence electrons. The van der Waals surface area contributed by atoms with E-state index in [1.807, 2.05) is 12.1 Å². The summed E-state index contributed by atoms with van der Waals surface area (Å²) in [4.78, 5) is 26.0. The van der Waals surface area contributed by atoms with E-state index < -0.39 is 17.6 Å². The van der Waals surface area contributed by atoms with Gasteiger partial charge >= 0.3 is 5.97 Å². The lowest BCUT2D eigenvalue weighted by atomic mass is 10.1. The average molecular weight is 408 g/mol. The van der Waals surface area contributed by atoms with Gasteiger partial charge in [0, 0.05) is 24.0 Å². The first-order valence-electron chi connectivity index (χ1n) is 8.94. The standard InChI is InChI=1S/C21H20ClF2NO3/c1-28-20(26)8-9-25(12-13-2-7-18(23)19(24)10-13)21(27)17-11-16(17)14-3-5-15(22)6-4-14/h2-7,10,16-17H,8-9,11-12H2,1H3. The molecular formula is C21H20ClF2NO3. The normalized spacial score (nSPS) is 17.9. The van der Waals surface area contributed by atoms with Gasteiger partial charge in [0.25, 0.3) is 0 Å². The van der Waals surface area contributed by atoms with Crippen LogP contribution in [-0.4, -0.2) is 30.4 Å². The second-order valence-corrected chi connectivity index (χ2v) is 7.27. The van der Waals surface area contributed by atoms with Gasteiger partial charge in [0.2, 0.25) is 5.91 Å². The molecule has 1 aliphatic rings. The van der Waals surface area contributed by atoms with Gasteiger partial charge < -0.3 is 9.64 Å². The zero-order valence-corrected chi connectivity index (χ0v) is 16.1. The maximum Gasteiger partial charge on any atom is 0.307 e. The smallest absolute Gasteiger partial charge is 0.307 e. The van der Waals surface area contributed by atoms with Crippen LogP contribution in [0.5, 0.6) is 0 Å². The Bertz CT molecular complexity index is 872. The van der Waals surface area contributed by atoms with Crippen LogP contribution in [0.15, 0.2) is 42.5 Å². The summed E-state index contributed by atoms with van der Waals surface area (Å²) >= 11 is 5.91. The number of halogens is 3. The molecule has 0 saturated heterocycles. The molecule has 28 heavy (non-hydrogen) atoms. The van der Waals surface area contributed by atoms with Crippen molar-refractivity contribution in [1.29, 1.82) is 0 Å². The molecule has 1 aliphatic carbocycles. The van der Waals surface area contributed by atoms with Crippen molar-refractivity contribution in [3.05, 3.63) is 70.2 Å². The van der Waals surface area contributed by atoms with Gasteiger partial charge in [-0.25, -0.2) is 8.78 Å². The Labute approximate surface area is 167 Å². The highest BCUT2D eigenvalue weighted by molar-refractivity contribution is 6.30. The number of rotatable bonds is 7. The number of hydrogen-bond acceptors (Lipinski definition) is 3. The van der Waals surface area contributed by atoms with Gasteiger partial charge in [-0.15, -0.1) is 0 Å². The van der Waals surface area contributed by atoms with E-state index >= 15 is 0 Å². The Morgan fingerprint density at radius 1 is 1.14 bits per heavy atom. The van der Waals surface area contributed by atoms with Crippen LogP contribution in [0.2, 0.25) is 5.02 Å². The number of hydrogen-bond donors (Lipinski definition) is 0. The molecular weight excluding hydrogens is 388 g/mol. The first kappa shape index (κ1) is 20.3. The Balaban J connectivity index is 1.72. The highest BCUT2D eigenvalue weighted by Gasteiger charge is 2.45. The third kappa shape index (κ3) is 4.87. The summed E-state index contributed by atoms with van der Waals surface area (Å²) in [6.45, 7) is 0.241. The van der Waals surface area contributed by atoms with Crippen molar-refractivity contribution in [3.8, 4) is 0 Å². The second kappa shape index (κ2) is 8.69. The predicted molar refractivity (Wildman–Crippen MR) is 101 cm³/mol. The Kier molecular flexibility index (Phi) is 6.29. The maximum atomic E-state index is 13.5. The molecule has 0 bridgehead atoms. The monoisotopic (exact) mass is 407 g/mol. The number of ether oxygens (including phenoxy) is 1. The lowest BCUT2D eigenvalue weighted by Gasteiger charge is -2.23. The summed E-state index contributed by atoms with van der Waals surface area (Å²) in [6, 6.07) is 10.9. The van der Waals surface area contributed by atoms with Gasteiger partial charge in [-0.3, -0.25) is 9.59 Å². The third-order valence-corrected chi connectivity index (χ3v) is 5.14. The van der Waals surface area contributed by atoms with Crippen molar-refractivity contribution < 1.29 is 23.1 Å². The topological polar surface area (TPSA) is 46.6 Å². The van der Waals surface area contributed by atoms with E-state index in [2.05, 4.69) is 4.74 Å². The summed E-state index contributed by atoms with van der Waals surface area (Å²) < 4.78 is 31.3. The van der Waals surface area contributed by atoms with Crippen molar-refractivity contribution in [2.75, 3.05) is 13.7 Å². The average Bonchev–Trinajstić information content (AvgIpc) is 3.48. The Morgan fingerprint density at radius 3 is 2.50 bits per heavy atom. The second-order valence-electron chi connectivity index (χ2n) is 6.83. The molecule has 3 rings (SSSR count). The summed E-state index contributed by atoms with van der Waals surface area (Å²) in [6.07, 6.45) is 0.733. The molecule has 2 atom stereocenters. The fraction of sp³-hybridized carbons (Fsp3) is 0.333. The first-order valence-corrected chi connectivity index (χ1v) is 9.32. The van der Waals surface area contributed by atoms with Crippen LogP contribution in [0.4, 0.5) is 8.78 Å². The van der Waals surface area contributed by atoms with Crippen LogP contribution in [-0.2, 0) is 20.9 Å². The molecule has 2 aromatic rings. The predicted octanol–water partition coefficient (Wildman–Crippen LogP) is 4.31. The molecule has 2 unspecified atom stereocenters. The lowest BCUT2D eigenvalue weighted by molar-refractivity contribution is -0.142. The van der Waals surface area contributed by atoms with Crippen LogP contribution in [0.25, 0.3) is 0 Å². The van der Waals surface area contributed by atoms with Crippen LogP contribution in [0, 0.1) is 17.6 Å². The molecule has 1 amide bonds. The zero-order valence-electron chi connectivity index (χ0n) is 15.3. The van der Waals surface area contributed by atoms with E-state index in [9.17, 15) is 18.4 Å². The molecule has 0 N–H and O–H groups in total. The van der Waals surface area contributed by atoms with Gasteiger partial charge in [0.15, 0.2) is 11.6 Å². The minimum atomic E-state index is -0.969. The van der Waals surface area contributed by atoms with E-state index in [-0.39, 0.29) is 37.3 Å². The number of nitrogens with zero attached hydrogens (tertiary/aromatic N) is 1. The van der Waals surface area contributed by atoms with Gasteiger partial charge in [-0.2, -0.15) is 0 Å². The van der Waals surface area contributed by atoms with Crippen LogP contribution >= 0.6 is 11.6 Å². The largest absolute Gasteiger partial charge is 0.469 e. The highest BCUT2D eigenvalue weighted by Crippen LogP contribution is 2.48. The van der Waals surface area contributed by atoms with E-state index in [4.69, 9.17) is 11.6 Å². The lowest BCUT2D eigenvalue weighted by Crippen LogP contribution is -2.34. The van der Waals surface area contributed by atoms with Gasteiger partial charge in [-0.05, 0) is 47.7 Å². The minimum absolute atomic E-state index is 0.0320. The quantitative estimate of drug-likeness (QED) is 0.642. The first-order chi connectivity index (χ1) is 13.4. The van der Waals surface area contributed by atoms with E-state index in [0.717, 1.165) is 17.7 Å². The molecule has 4 nitrogen and oxygen atoms in total.